The van der Waals surface area contributed by atoms with Crippen LogP contribution in [0.1, 0.15) is 21.9 Å². The highest BCUT2D eigenvalue weighted by molar-refractivity contribution is 6.37. The lowest BCUT2D eigenvalue weighted by atomic mass is 10.1. The van der Waals surface area contributed by atoms with Crippen LogP contribution in [-0.2, 0) is 6.61 Å². The first kappa shape index (κ1) is 18.6. The van der Waals surface area contributed by atoms with Crippen molar-refractivity contribution >= 4 is 46.7 Å². The second-order valence-electron chi connectivity index (χ2n) is 5.34. The van der Waals surface area contributed by atoms with Gasteiger partial charge in [0.15, 0.2) is 5.78 Å². The number of hydrogen-bond donors (Lipinski definition) is 0. The Morgan fingerprint density at radius 1 is 1.00 bits per heavy atom. The van der Waals surface area contributed by atoms with Crippen molar-refractivity contribution in [2.24, 2.45) is 0 Å². The van der Waals surface area contributed by atoms with Crippen molar-refractivity contribution in [2.45, 2.75) is 6.61 Å². The van der Waals surface area contributed by atoms with Gasteiger partial charge in [0, 0.05) is 10.6 Å². The van der Waals surface area contributed by atoms with E-state index in [2.05, 4.69) is 0 Å². The van der Waals surface area contributed by atoms with E-state index in [4.69, 9.17) is 44.0 Å². The van der Waals surface area contributed by atoms with Crippen LogP contribution in [0.5, 0.6) is 5.75 Å². The van der Waals surface area contributed by atoms with Crippen molar-refractivity contribution in [3.63, 3.8) is 0 Å². The molecular weight excluding hydrogens is 395 g/mol. The lowest BCUT2D eigenvalue weighted by Crippen LogP contribution is -1.95. The van der Waals surface area contributed by atoms with Crippen LogP contribution in [0.2, 0.25) is 15.1 Å². The zero-order valence-corrected chi connectivity index (χ0v) is 15.7. The Balaban J connectivity index is 1.63. The van der Waals surface area contributed by atoms with Crippen LogP contribution in [0.15, 0.2) is 65.1 Å². The van der Waals surface area contributed by atoms with Gasteiger partial charge in [-0.2, -0.15) is 0 Å². The van der Waals surface area contributed by atoms with Gasteiger partial charge < -0.3 is 9.15 Å². The number of rotatable bonds is 6. The molecule has 26 heavy (non-hydrogen) atoms. The maximum Gasteiger partial charge on any atom is 0.187 e. The molecule has 0 saturated heterocycles. The number of furan rings is 1. The van der Waals surface area contributed by atoms with E-state index in [1.165, 1.54) is 12.1 Å². The second-order valence-corrected chi connectivity index (χ2v) is 6.60. The molecule has 0 atom stereocenters. The minimum atomic E-state index is -0.239. The second kappa shape index (κ2) is 8.45. The molecule has 0 amide bonds. The van der Waals surface area contributed by atoms with Gasteiger partial charge in [-0.3, -0.25) is 4.79 Å². The van der Waals surface area contributed by atoms with Gasteiger partial charge in [0.05, 0.1) is 10.0 Å². The first-order valence-electron chi connectivity index (χ1n) is 7.66. The SMILES string of the molecule is O=C(/C=C/c1ccc(COc2ccccc2Cl)o1)c1ccc(Cl)cc1Cl. The highest BCUT2D eigenvalue weighted by Crippen LogP contribution is 2.25. The fourth-order valence-corrected chi connectivity index (χ4v) is 2.90. The average molecular weight is 408 g/mol. The maximum absolute atomic E-state index is 12.2. The minimum Gasteiger partial charge on any atom is -0.484 e. The molecule has 2 aromatic carbocycles. The number of hydrogen-bond acceptors (Lipinski definition) is 3. The van der Waals surface area contributed by atoms with Crippen LogP contribution in [-0.4, -0.2) is 5.78 Å². The molecule has 6 heteroatoms. The van der Waals surface area contributed by atoms with E-state index in [1.54, 1.807) is 42.5 Å². The molecule has 0 saturated carbocycles. The normalized spacial score (nSPS) is 11.0. The Labute approximate surface area is 165 Å². The van der Waals surface area contributed by atoms with Gasteiger partial charge in [-0.15, -0.1) is 0 Å². The number of halogens is 3. The first-order valence-corrected chi connectivity index (χ1v) is 8.80. The van der Waals surface area contributed by atoms with Crippen LogP contribution >= 0.6 is 34.8 Å². The Morgan fingerprint density at radius 3 is 2.58 bits per heavy atom. The van der Waals surface area contributed by atoms with E-state index < -0.39 is 0 Å². The zero-order chi connectivity index (χ0) is 18.5. The van der Waals surface area contributed by atoms with Gasteiger partial charge >= 0.3 is 0 Å². The fraction of sp³-hybridized carbons (Fsp3) is 0.0500. The molecule has 0 radical (unpaired) electrons. The quantitative estimate of drug-likeness (QED) is 0.336. The van der Waals surface area contributed by atoms with E-state index in [-0.39, 0.29) is 12.4 Å². The van der Waals surface area contributed by atoms with Crippen molar-refractivity contribution in [1.29, 1.82) is 0 Å². The molecule has 1 aromatic heterocycles. The molecule has 3 rings (SSSR count). The molecule has 0 bridgehead atoms. The Kier molecular flexibility index (Phi) is 6.04. The molecule has 3 aromatic rings. The van der Waals surface area contributed by atoms with Crippen molar-refractivity contribution < 1.29 is 13.9 Å². The molecule has 0 aliphatic rings. The number of carbonyl (C=O) groups excluding carboxylic acids is 1. The topological polar surface area (TPSA) is 39.4 Å². The minimum absolute atomic E-state index is 0.231. The number of ketones is 1. The molecule has 0 spiro atoms. The van der Waals surface area contributed by atoms with Gasteiger partial charge in [0.2, 0.25) is 0 Å². The van der Waals surface area contributed by atoms with E-state index in [0.717, 1.165) is 0 Å². The number of allylic oxidation sites excluding steroid dienone is 1. The first-order chi connectivity index (χ1) is 12.5. The maximum atomic E-state index is 12.2. The monoisotopic (exact) mass is 406 g/mol. The molecule has 132 valence electrons. The summed E-state index contributed by atoms with van der Waals surface area (Å²) in [4.78, 5) is 12.2. The third-order valence-corrected chi connectivity index (χ3v) is 4.34. The van der Waals surface area contributed by atoms with Crippen molar-refractivity contribution in [3.8, 4) is 5.75 Å². The van der Waals surface area contributed by atoms with E-state index in [0.29, 0.717) is 37.9 Å². The van der Waals surface area contributed by atoms with Crippen molar-refractivity contribution in [3.05, 3.63) is 92.8 Å². The summed E-state index contributed by atoms with van der Waals surface area (Å²) in [7, 11) is 0. The summed E-state index contributed by atoms with van der Waals surface area (Å²) in [6, 6.07) is 15.4. The van der Waals surface area contributed by atoms with Crippen LogP contribution in [0.25, 0.3) is 6.08 Å². The molecule has 1 heterocycles. The number of carbonyl (C=O) groups is 1. The summed E-state index contributed by atoms with van der Waals surface area (Å²) in [6.07, 6.45) is 2.97. The predicted octanol–water partition coefficient (Wildman–Crippen LogP) is 6.71. The molecule has 3 nitrogen and oxygen atoms in total. The zero-order valence-electron chi connectivity index (χ0n) is 13.4. The third kappa shape index (κ3) is 4.70. The summed E-state index contributed by atoms with van der Waals surface area (Å²) in [6.45, 7) is 0.231. The highest BCUT2D eigenvalue weighted by Gasteiger charge is 2.08. The summed E-state index contributed by atoms with van der Waals surface area (Å²) < 4.78 is 11.2. The lowest BCUT2D eigenvalue weighted by molar-refractivity contribution is 0.104. The van der Waals surface area contributed by atoms with Crippen LogP contribution in [0.4, 0.5) is 0 Å². The van der Waals surface area contributed by atoms with Gasteiger partial charge in [-0.1, -0.05) is 46.9 Å². The molecule has 0 aliphatic heterocycles. The average Bonchev–Trinajstić information content (AvgIpc) is 3.07. The number of benzene rings is 2. The number of para-hydroxylation sites is 1. The van der Waals surface area contributed by atoms with E-state index >= 15 is 0 Å². The van der Waals surface area contributed by atoms with Crippen LogP contribution in [0.3, 0.4) is 0 Å². The summed E-state index contributed by atoms with van der Waals surface area (Å²) in [5.41, 5.74) is 0.376. The highest BCUT2D eigenvalue weighted by atomic mass is 35.5. The van der Waals surface area contributed by atoms with E-state index in [9.17, 15) is 4.79 Å². The van der Waals surface area contributed by atoms with Crippen molar-refractivity contribution in [1.82, 2.24) is 0 Å². The smallest absolute Gasteiger partial charge is 0.187 e. The Morgan fingerprint density at radius 2 is 1.81 bits per heavy atom. The molecule has 0 N–H and O–H groups in total. The van der Waals surface area contributed by atoms with Crippen LogP contribution in [0, 0.1) is 0 Å². The van der Waals surface area contributed by atoms with Gasteiger partial charge in [-0.05, 0) is 54.6 Å². The molecule has 0 unspecified atom stereocenters. The van der Waals surface area contributed by atoms with Gasteiger partial charge in [-0.25, -0.2) is 0 Å². The van der Waals surface area contributed by atoms with Crippen molar-refractivity contribution in [2.75, 3.05) is 0 Å². The molecule has 0 aliphatic carbocycles. The standard InChI is InChI=1S/C20H13Cl3O3/c21-13-5-9-16(18(23)11-13)19(24)10-8-14-6-7-15(26-14)12-25-20-4-2-1-3-17(20)22/h1-11H,12H2/b10-8+. The third-order valence-electron chi connectivity index (χ3n) is 3.48. The Bertz CT molecular complexity index is 960. The largest absolute Gasteiger partial charge is 0.484 e. The lowest BCUT2D eigenvalue weighted by Gasteiger charge is -2.05. The Hall–Kier alpha value is -2.20. The van der Waals surface area contributed by atoms with Crippen LogP contribution < -0.4 is 4.74 Å². The van der Waals surface area contributed by atoms with E-state index in [1.807, 2.05) is 12.1 Å². The number of ether oxygens (including phenoxy) is 1. The molecular formula is C20H13Cl3O3. The predicted molar refractivity (Wildman–Crippen MR) is 104 cm³/mol. The summed E-state index contributed by atoms with van der Waals surface area (Å²) in [5.74, 6) is 1.48. The van der Waals surface area contributed by atoms with Gasteiger partial charge in [0.25, 0.3) is 0 Å². The fourth-order valence-electron chi connectivity index (χ4n) is 2.21. The van der Waals surface area contributed by atoms with Gasteiger partial charge in [0.1, 0.15) is 23.9 Å². The summed E-state index contributed by atoms with van der Waals surface area (Å²) in [5, 5.41) is 1.31. The summed E-state index contributed by atoms with van der Waals surface area (Å²) >= 11 is 17.9. The molecule has 0 fully saturated rings.